The van der Waals surface area contributed by atoms with Crippen molar-refractivity contribution in [1.82, 2.24) is 9.97 Å². The summed E-state index contributed by atoms with van der Waals surface area (Å²) in [6.45, 7) is 0. The molecule has 0 atom stereocenters. The van der Waals surface area contributed by atoms with Crippen LogP contribution in [0, 0.1) is 0 Å². The standard InChI is InChI=1S/C12H5BrCl2N2S/c13-7-2-1-6-3-10(18-9(6)4-7)11-8(14)5-16-12(15)17-11/h1-5H. The van der Waals surface area contributed by atoms with Crippen LogP contribution in [-0.2, 0) is 0 Å². The molecule has 0 saturated carbocycles. The van der Waals surface area contributed by atoms with E-state index >= 15 is 0 Å². The van der Waals surface area contributed by atoms with Crippen LogP contribution in [0.4, 0.5) is 0 Å². The smallest absolute Gasteiger partial charge is 0.223 e. The molecule has 0 radical (unpaired) electrons. The Morgan fingerprint density at radius 3 is 2.83 bits per heavy atom. The van der Waals surface area contributed by atoms with Gasteiger partial charge in [0.2, 0.25) is 5.28 Å². The number of nitrogens with zero attached hydrogens (tertiary/aromatic N) is 2. The second-order valence-electron chi connectivity index (χ2n) is 3.63. The minimum absolute atomic E-state index is 0.202. The summed E-state index contributed by atoms with van der Waals surface area (Å²) in [5, 5.41) is 1.86. The fraction of sp³-hybridized carbons (Fsp3) is 0. The molecule has 18 heavy (non-hydrogen) atoms. The predicted molar refractivity (Wildman–Crippen MR) is 80.6 cm³/mol. The first-order valence-corrected chi connectivity index (χ1v) is 7.37. The molecule has 3 aromatic rings. The number of hydrogen-bond acceptors (Lipinski definition) is 3. The van der Waals surface area contributed by atoms with Crippen molar-refractivity contribution in [3.63, 3.8) is 0 Å². The van der Waals surface area contributed by atoms with Crippen LogP contribution in [0.25, 0.3) is 20.7 Å². The Morgan fingerprint density at radius 1 is 1.17 bits per heavy atom. The van der Waals surface area contributed by atoms with E-state index in [1.54, 1.807) is 11.3 Å². The van der Waals surface area contributed by atoms with Crippen molar-refractivity contribution in [2.24, 2.45) is 0 Å². The van der Waals surface area contributed by atoms with Crippen LogP contribution in [0.15, 0.2) is 34.9 Å². The van der Waals surface area contributed by atoms with E-state index in [0.717, 1.165) is 14.7 Å². The Balaban J connectivity index is 2.22. The summed E-state index contributed by atoms with van der Waals surface area (Å²) < 4.78 is 2.22. The highest BCUT2D eigenvalue weighted by molar-refractivity contribution is 9.10. The second kappa shape index (κ2) is 4.78. The first-order valence-electron chi connectivity index (χ1n) is 5.01. The third-order valence-electron chi connectivity index (χ3n) is 2.43. The van der Waals surface area contributed by atoms with Gasteiger partial charge in [-0.15, -0.1) is 11.3 Å². The Labute approximate surface area is 126 Å². The summed E-state index contributed by atoms with van der Waals surface area (Å²) in [5.74, 6) is 0. The lowest BCUT2D eigenvalue weighted by Crippen LogP contribution is -1.86. The van der Waals surface area contributed by atoms with E-state index in [9.17, 15) is 0 Å². The van der Waals surface area contributed by atoms with Gasteiger partial charge < -0.3 is 0 Å². The topological polar surface area (TPSA) is 25.8 Å². The normalized spacial score (nSPS) is 11.1. The molecule has 2 heterocycles. The predicted octanol–water partition coefficient (Wildman–Crippen LogP) is 5.43. The molecule has 0 aliphatic rings. The Bertz CT molecular complexity index is 742. The van der Waals surface area contributed by atoms with Crippen LogP contribution < -0.4 is 0 Å². The van der Waals surface area contributed by atoms with E-state index in [4.69, 9.17) is 23.2 Å². The maximum atomic E-state index is 6.10. The first-order chi connectivity index (χ1) is 8.63. The lowest BCUT2D eigenvalue weighted by atomic mass is 10.2. The van der Waals surface area contributed by atoms with Gasteiger partial charge in [0.1, 0.15) is 5.69 Å². The molecule has 2 nitrogen and oxygen atoms in total. The Morgan fingerprint density at radius 2 is 2.00 bits per heavy atom. The Kier molecular flexibility index (Phi) is 3.28. The first kappa shape index (κ1) is 12.4. The zero-order chi connectivity index (χ0) is 12.7. The van der Waals surface area contributed by atoms with Gasteiger partial charge in [0.25, 0.3) is 0 Å². The van der Waals surface area contributed by atoms with Crippen LogP contribution in [0.3, 0.4) is 0 Å². The average molecular weight is 360 g/mol. The fourth-order valence-corrected chi connectivity index (χ4v) is 3.64. The molecule has 0 aliphatic heterocycles. The summed E-state index contributed by atoms with van der Waals surface area (Å²) in [7, 11) is 0. The molecule has 0 saturated heterocycles. The van der Waals surface area contributed by atoms with Gasteiger partial charge in [-0.2, -0.15) is 0 Å². The van der Waals surface area contributed by atoms with Crippen molar-refractivity contribution >= 4 is 60.6 Å². The van der Waals surface area contributed by atoms with Gasteiger partial charge in [-0.3, -0.25) is 0 Å². The van der Waals surface area contributed by atoms with E-state index in [1.807, 2.05) is 6.07 Å². The van der Waals surface area contributed by atoms with Crippen LogP contribution in [-0.4, -0.2) is 9.97 Å². The highest BCUT2D eigenvalue weighted by atomic mass is 79.9. The highest BCUT2D eigenvalue weighted by Crippen LogP contribution is 2.36. The molecule has 0 amide bonds. The van der Waals surface area contributed by atoms with Crippen LogP contribution in [0.5, 0.6) is 0 Å². The molecular formula is C12H5BrCl2N2S. The summed E-state index contributed by atoms with van der Waals surface area (Å²) in [6, 6.07) is 8.18. The lowest BCUT2D eigenvalue weighted by molar-refractivity contribution is 1.18. The number of rotatable bonds is 1. The molecule has 90 valence electrons. The van der Waals surface area contributed by atoms with Crippen molar-refractivity contribution in [3.05, 3.63) is 45.2 Å². The van der Waals surface area contributed by atoms with E-state index in [-0.39, 0.29) is 5.28 Å². The largest absolute Gasteiger partial charge is 0.225 e. The van der Waals surface area contributed by atoms with E-state index in [0.29, 0.717) is 10.7 Å². The minimum Gasteiger partial charge on any atom is -0.225 e. The molecule has 0 bridgehead atoms. The third-order valence-corrected chi connectivity index (χ3v) is 4.49. The quantitative estimate of drug-likeness (QED) is 0.541. The lowest BCUT2D eigenvalue weighted by Gasteiger charge is -1.99. The van der Waals surface area contributed by atoms with Gasteiger partial charge in [0.05, 0.1) is 16.1 Å². The van der Waals surface area contributed by atoms with Crippen molar-refractivity contribution in [3.8, 4) is 10.6 Å². The zero-order valence-corrected chi connectivity index (χ0v) is 12.7. The summed E-state index contributed by atoms with van der Waals surface area (Å²) in [6.07, 6.45) is 1.52. The van der Waals surface area contributed by atoms with Crippen molar-refractivity contribution in [2.45, 2.75) is 0 Å². The SMILES string of the molecule is Clc1ncc(Cl)c(-c2cc3ccc(Br)cc3s2)n1. The van der Waals surface area contributed by atoms with E-state index in [2.05, 4.69) is 44.1 Å². The van der Waals surface area contributed by atoms with Crippen molar-refractivity contribution in [2.75, 3.05) is 0 Å². The molecule has 1 aromatic carbocycles. The van der Waals surface area contributed by atoms with Crippen LogP contribution in [0.1, 0.15) is 0 Å². The number of halogens is 3. The highest BCUT2D eigenvalue weighted by Gasteiger charge is 2.11. The van der Waals surface area contributed by atoms with Crippen molar-refractivity contribution in [1.29, 1.82) is 0 Å². The monoisotopic (exact) mass is 358 g/mol. The number of hydrogen-bond donors (Lipinski definition) is 0. The molecular weight excluding hydrogens is 355 g/mol. The maximum Gasteiger partial charge on any atom is 0.223 e. The molecule has 6 heteroatoms. The number of thiophene rings is 1. The Hall–Kier alpha value is -0.680. The summed E-state index contributed by atoms with van der Waals surface area (Å²) >= 11 is 17.0. The zero-order valence-electron chi connectivity index (χ0n) is 8.82. The fourth-order valence-electron chi connectivity index (χ4n) is 1.64. The van der Waals surface area contributed by atoms with Gasteiger partial charge in [-0.05, 0) is 35.2 Å². The minimum atomic E-state index is 0.202. The van der Waals surface area contributed by atoms with Gasteiger partial charge in [-0.1, -0.05) is 33.6 Å². The molecule has 0 aliphatic carbocycles. The number of benzene rings is 1. The molecule has 0 unspecified atom stereocenters. The maximum absolute atomic E-state index is 6.10. The van der Waals surface area contributed by atoms with E-state index < -0.39 is 0 Å². The molecule has 0 fully saturated rings. The van der Waals surface area contributed by atoms with E-state index in [1.165, 1.54) is 10.9 Å². The molecule has 0 N–H and O–H groups in total. The second-order valence-corrected chi connectivity index (χ2v) is 6.37. The molecule has 2 aromatic heterocycles. The summed E-state index contributed by atoms with van der Waals surface area (Å²) in [5.41, 5.74) is 0.675. The van der Waals surface area contributed by atoms with Crippen molar-refractivity contribution < 1.29 is 0 Å². The van der Waals surface area contributed by atoms with Gasteiger partial charge in [0, 0.05) is 9.17 Å². The third kappa shape index (κ3) is 2.26. The van der Waals surface area contributed by atoms with Gasteiger partial charge in [-0.25, -0.2) is 9.97 Å². The average Bonchev–Trinajstić information content (AvgIpc) is 2.74. The molecule has 0 spiro atoms. The number of fused-ring (bicyclic) bond motifs is 1. The number of aromatic nitrogens is 2. The molecule has 3 rings (SSSR count). The summed E-state index contributed by atoms with van der Waals surface area (Å²) in [4.78, 5) is 9.02. The van der Waals surface area contributed by atoms with Gasteiger partial charge >= 0.3 is 0 Å². The van der Waals surface area contributed by atoms with Crippen LogP contribution in [0.2, 0.25) is 10.3 Å². The van der Waals surface area contributed by atoms with Gasteiger partial charge in [0.15, 0.2) is 0 Å². The van der Waals surface area contributed by atoms with Crippen LogP contribution >= 0.6 is 50.5 Å².